The van der Waals surface area contributed by atoms with Crippen LogP contribution in [0.25, 0.3) is 16.9 Å². The highest BCUT2D eigenvalue weighted by Crippen LogP contribution is 2.35. The molecule has 5 rings (SSSR count). The van der Waals surface area contributed by atoms with E-state index in [2.05, 4.69) is 31.9 Å². The summed E-state index contributed by atoms with van der Waals surface area (Å²) in [5.41, 5.74) is 0.880. The molecule has 4 heterocycles. The highest BCUT2D eigenvalue weighted by molar-refractivity contribution is 5.77. The van der Waals surface area contributed by atoms with Gasteiger partial charge >= 0.3 is 6.18 Å². The van der Waals surface area contributed by atoms with Crippen molar-refractivity contribution in [2.24, 2.45) is 0 Å². The number of hydrogen-bond acceptors (Lipinski definition) is 7. The second kappa shape index (κ2) is 11.6. The van der Waals surface area contributed by atoms with Gasteiger partial charge in [0.15, 0.2) is 11.5 Å². The Balaban J connectivity index is 1.56. The van der Waals surface area contributed by atoms with Gasteiger partial charge in [0.1, 0.15) is 5.39 Å². The third kappa shape index (κ3) is 6.01. The molecule has 0 bridgehead atoms. The highest BCUT2D eigenvalue weighted by Gasteiger charge is 2.31. The Kier molecular flexibility index (Phi) is 8.04. The number of hydrogen-bond donors (Lipinski definition) is 1. The summed E-state index contributed by atoms with van der Waals surface area (Å²) in [6.45, 7) is 9.18. The molecule has 0 amide bonds. The molecule has 0 saturated carbocycles. The Morgan fingerprint density at radius 1 is 1.14 bits per heavy atom. The molecule has 42 heavy (non-hydrogen) atoms. The Morgan fingerprint density at radius 2 is 1.88 bits per heavy atom. The lowest BCUT2D eigenvalue weighted by atomic mass is 9.85. The largest absolute Gasteiger partial charge is 0.393 e. The maximum atomic E-state index is 13.6. The number of allylic oxidation sites excluding steroid dienone is 1. The molecule has 0 radical (unpaired) electrons. The van der Waals surface area contributed by atoms with E-state index >= 15 is 0 Å². The number of alkyl halides is 3. The zero-order valence-corrected chi connectivity index (χ0v) is 23.7. The number of likely N-dealkylation sites (tertiary alicyclic amines) is 1. The van der Waals surface area contributed by atoms with Crippen molar-refractivity contribution in [3.8, 4) is 5.82 Å². The van der Waals surface area contributed by atoms with Crippen LogP contribution < -0.4 is 16.4 Å². The zero-order chi connectivity index (χ0) is 30.2. The number of nitrogens with one attached hydrogen (secondary N) is 1. The van der Waals surface area contributed by atoms with Crippen LogP contribution in [0.4, 0.5) is 24.8 Å². The van der Waals surface area contributed by atoms with Crippen molar-refractivity contribution in [2.75, 3.05) is 25.5 Å². The number of halogens is 3. The molecule has 4 aromatic rings. The van der Waals surface area contributed by atoms with Gasteiger partial charge in [-0.3, -0.25) is 9.59 Å². The van der Waals surface area contributed by atoms with E-state index in [0.29, 0.717) is 11.3 Å². The van der Waals surface area contributed by atoms with Crippen LogP contribution in [0.3, 0.4) is 0 Å². The van der Waals surface area contributed by atoms with Gasteiger partial charge in [-0.2, -0.15) is 18.2 Å². The second-order valence-corrected chi connectivity index (χ2v) is 10.9. The second-order valence-electron chi connectivity index (χ2n) is 10.9. The van der Waals surface area contributed by atoms with Crippen molar-refractivity contribution >= 4 is 22.7 Å². The molecular weight excluding hydrogens is 549 g/mol. The van der Waals surface area contributed by atoms with Crippen LogP contribution in [0.15, 0.2) is 58.8 Å². The lowest BCUT2D eigenvalue weighted by molar-refractivity contribution is -0.127. The molecule has 1 N–H and O–H groups in total. The summed E-state index contributed by atoms with van der Waals surface area (Å²) in [7, 11) is 2.01. The fraction of sp³-hybridized carbons (Fsp3) is 0.414. The van der Waals surface area contributed by atoms with Crippen LogP contribution in [-0.4, -0.2) is 60.3 Å². The first-order valence-electron chi connectivity index (χ1n) is 13.8. The van der Waals surface area contributed by atoms with Gasteiger partial charge in [0, 0.05) is 18.0 Å². The molecule has 1 aliphatic heterocycles. The molecule has 1 aliphatic rings. The summed E-state index contributed by atoms with van der Waals surface area (Å²) in [5, 5.41) is 7.68. The van der Waals surface area contributed by atoms with Crippen LogP contribution in [0, 0.1) is 0 Å². The van der Waals surface area contributed by atoms with Crippen LogP contribution in [0.5, 0.6) is 0 Å². The van der Waals surface area contributed by atoms with Gasteiger partial charge in [-0.25, -0.2) is 19.0 Å². The molecule has 1 aromatic carbocycles. The minimum Gasteiger partial charge on any atom is -0.324 e. The minimum atomic E-state index is -4.36. The van der Waals surface area contributed by atoms with E-state index < -0.39 is 12.6 Å². The molecule has 0 unspecified atom stereocenters. The minimum absolute atomic E-state index is 0.0564. The van der Waals surface area contributed by atoms with E-state index in [0.717, 1.165) is 25.9 Å². The summed E-state index contributed by atoms with van der Waals surface area (Å²) in [6, 6.07) is 7.63. The first-order chi connectivity index (χ1) is 19.9. The molecule has 222 valence electrons. The van der Waals surface area contributed by atoms with Gasteiger partial charge in [-0.1, -0.05) is 12.1 Å². The summed E-state index contributed by atoms with van der Waals surface area (Å²) in [5.74, 6) is 0.437. The lowest BCUT2D eigenvalue weighted by Crippen LogP contribution is -2.29. The third-order valence-corrected chi connectivity index (χ3v) is 7.44. The summed E-state index contributed by atoms with van der Waals surface area (Å²) < 4.78 is 44.9. The molecule has 1 saturated heterocycles. The smallest absolute Gasteiger partial charge is 0.324 e. The molecule has 10 nitrogen and oxygen atoms in total. The van der Waals surface area contributed by atoms with E-state index in [-0.39, 0.29) is 58.0 Å². The van der Waals surface area contributed by atoms with Gasteiger partial charge < -0.3 is 10.2 Å². The quantitative estimate of drug-likeness (QED) is 0.304. The summed E-state index contributed by atoms with van der Waals surface area (Å²) in [6.07, 6.45) is -0.888. The van der Waals surface area contributed by atoms with E-state index in [1.54, 1.807) is 18.2 Å². The molecule has 13 heteroatoms. The number of fused-ring (bicyclic) bond motifs is 1. The Morgan fingerprint density at radius 3 is 2.55 bits per heavy atom. The van der Waals surface area contributed by atoms with Crippen molar-refractivity contribution in [1.29, 1.82) is 0 Å². The fourth-order valence-corrected chi connectivity index (χ4v) is 5.41. The van der Waals surface area contributed by atoms with E-state index in [1.165, 1.54) is 38.4 Å². The SMILES string of the molecule is C=CCn1c(=O)c2cnc(Nc3ccc(C4CCN(C)CC4)c(CC(F)(F)F)c3)nc2n1-c1ccc(=O)n(C(C)C)n1. The van der Waals surface area contributed by atoms with Crippen molar-refractivity contribution in [3.05, 3.63) is 81.0 Å². The molecule has 0 aliphatic carbocycles. The van der Waals surface area contributed by atoms with Crippen LogP contribution in [-0.2, 0) is 13.0 Å². The maximum absolute atomic E-state index is 13.6. The van der Waals surface area contributed by atoms with Crippen molar-refractivity contribution in [1.82, 2.24) is 34.0 Å². The first kappa shape index (κ1) is 29.2. The number of rotatable bonds is 8. The number of piperidine rings is 1. The van der Waals surface area contributed by atoms with Gasteiger partial charge in [0.2, 0.25) is 5.95 Å². The van der Waals surface area contributed by atoms with Crippen molar-refractivity contribution in [2.45, 2.75) is 57.8 Å². The van der Waals surface area contributed by atoms with Gasteiger partial charge in [-0.15, -0.1) is 11.7 Å². The maximum Gasteiger partial charge on any atom is 0.393 e. The third-order valence-electron chi connectivity index (χ3n) is 7.44. The van der Waals surface area contributed by atoms with Gasteiger partial charge in [-0.05, 0) is 82.1 Å². The number of benzene rings is 1. The van der Waals surface area contributed by atoms with Crippen LogP contribution >= 0.6 is 0 Å². The monoisotopic (exact) mass is 582 g/mol. The number of nitrogens with zero attached hydrogens (tertiary/aromatic N) is 7. The lowest BCUT2D eigenvalue weighted by Gasteiger charge is -2.30. The van der Waals surface area contributed by atoms with E-state index in [9.17, 15) is 22.8 Å². The highest BCUT2D eigenvalue weighted by atomic mass is 19.4. The first-order valence-corrected chi connectivity index (χ1v) is 13.8. The fourth-order valence-electron chi connectivity index (χ4n) is 5.41. The number of anilines is 2. The summed E-state index contributed by atoms with van der Waals surface area (Å²) >= 11 is 0. The normalized spacial score (nSPS) is 15.0. The van der Waals surface area contributed by atoms with E-state index in [4.69, 9.17) is 0 Å². The topological polar surface area (TPSA) is 103 Å². The number of aromatic nitrogens is 6. The van der Waals surface area contributed by atoms with Crippen molar-refractivity contribution in [3.63, 3.8) is 0 Å². The van der Waals surface area contributed by atoms with Crippen molar-refractivity contribution < 1.29 is 13.2 Å². The van der Waals surface area contributed by atoms with Gasteiger partial charge in [0.05, 0.1) is 19.0 Å². The zero-order valence-electron chi connectivity index (χ0n) is 23.7. The molecular formula is C29H33F3N8O2. The van der Waals surface area contributed by atoms with E-state index in [1.807, 2.05) is 20.9 Å². The molecule has 1 fully saturated rings. The predicted molar refractivity (Wildman–Crippen MR) is 155 cm³/mol. The Bertz CT molecular complexity index is 1730. The average Bonchev–Trinajstić information content (AvgIpc) is 3.19. The average molecular weight is 583 g/mol. The summed E-state index contributed by atoms with van der Waals surface area (Å²) in [4.78, 5) is 36.6. The molecule has 0 atom stereocenters. The Hall–Kier alpha value is -4.26. The predicted octanol–water partition coefficient (Wildman–Crippen LogP) is 4.56. The van der Waals surface area contributed by atoms with Crippen LogP contribution in [0.2, 0.25) is 0 Å². The molecule has 3 aromatic heterocycles. The van der Waals surface area contributed by atoms with Gasteiger partial charge in [0.25, 0.3) is 11.1 Å². The molecule has 0 spiro atoms. The standard InChI is InChI=1S/C29H33F3N8O2/c1-5-12-38-27(42)23-17-33-28(35-26(23)40(38)24-8-9-25(41)39(36-24)18(2)3)34-21-6-7-22(19-10-13-37(4)14-11-19)20(15-21)16-29(30,31)32/h5-9,15,17-19H,1,10-14,16H2,2-4H3,(H,33,34,35). The van der Waals surface area contributed by atoms with Crippen LogP contribution in [0.1, 0.15) is 49.8 Å². The Labute approximate surface area is 240 Å².